The van der Waals surface area contributed by atoms with E-state index in [4.69, 9.17) is 0 Å². The monoisotopic (exact) mass is 255 g/mol. The molecule has 2 aromatic rings. The minimum Gasteiger partial charge on any atom is -0.385 e. The number of aryl methyl sites for hydroxylation is 1. The summed E-state index contributed by atoms with van der Waals surface area (Å²) in [6.07, 6.45) is 4.71. The van der Waals surface area contributed by atoms with Crippen LogP contribution in [-0.4, -0.2) is 25.6 Å². The predicted molar refractivity (Wildman–Crippen MR) is 81.9 cm³/mol. The van der Waals surface area contributed by atoms with Gasteiger partial charge in [-0.1, -0.05) is 12.1 Å². The van der Waals surface area contributed by atoms with Crippen LogP contribution >= 0.6 is 0 Å². The second-order valence-electron chi connectivity index (χ2n) is 4.93. The number of anilines is 2. The Morgan fingerprint density at radius 3 is 2.74 bits per heavy atom. The van der Waals surface area contributed by atoms with Crippen LogP contribution in [0.15, 0.2) is 42.7 Å². The van der Waals surface area contributed by atoms with Crippen LogP contribution in [0, 0.1) is 6.92 Å². The number of nitrogens with one attached hydrogen (secondary N) is 1. The van der Waals surface area contributed by atoms with Crippen molar-refractivity contribution in [1.29, 1.82) is 0 Å². The average molecular weight is 255 g/mol. The van der Waals surface area contributed by atoms with Gasteiger partial charge in [0.1, 0.15) is 0 Å². The molecule has 1 aromatic heterocycles. The third-order valence-electron chi connectivity index (χ3n) is 3.16. The van der Waals surface area contributed by atoms with Crippen molar-refractivity contribution in [3.63, 3.8) is 0 Å². The summed E-state index contributed by atoms with van der Waals surface area (Å²) in [5.74, 6) is 0. The molecular formula is C16H21N3. The van der Waals surface area contributed by atoms with Gasteiger partial charge in [-0.3, -0.25) is 4.98 Å². The zero-order valence-corrected chi connectivity index (χ0v) is 11.9. The van der Waals surface area contributed by atoms with Crippen molar-refractivity contribution in [2.45, 2.75) is 13.3 Å². The summed E-state index contributed by atoms with van der Waals surface area (Å²) >= 11 is 0. The van der Waals surface area contributed by atoms with Crippen LogP contribution in [0.2, 0.25) is 0 Å². The normalized spacial score (nSPS) is 10.3. The maximum Gasteiger partial charge on any atom is 0.0411 e. The van der Waals surface area contributed by atoms with Gasteiger partial charge in [-0.25, -0.2) is 0 Å². The van der Waals surface area contributed by atoms with E-state index in [0.717, 1.165) is 18.7 Å². The third-order valence-corrected chi connectivity index (χ3v) is 3.16. The largest absolute Gasteiger partial charge is 0.385 e. The molecule has 0 bridgehead atoms. The lowest BCUT2D eigenvalue weighted by molar-refractivity contribution is 1.00. The fourth-order valence-electron chi connectivity index (χ4n) is 2.10. The van der Waals surface area contributed by atoms with E-state index in [2.05, 4.69) is 60.5 Å². The van der Waals surface area contributed by atoms with Crippen LogP contribution in [-0.2, 0) is 6.42 Å². The first-order chi connectivity index (χ1) is 9.16. The molecule has 3 heteroatoms. The highest BCUT2D eigenvalue weighted by Crippen LogP contribution is 2.22. The number of rotatable bonds is 5. The molecule has 0 radical (unpaired) electrons. The molecule has 100 valence electrons. The molecule has 0 unspecified atom stereocenters. The summed E-state index contributed by atoms with van der Waals surface area (Å²) in [5, 5.41) is 3.46. The molecule has 1 heterocycles. The van der Waals surface area contributed by atoms with Gasteiger partial charge in [0.05, 0.1) is 0 Å². The molecule has 1 aromatic carbocycles. The number of nitrogens with zero attached hydrogens (tertiary/aromatic N) is 2. The van der Waals surface area contributed by atoms with Crippen LogP contribution in [0.5, 0.6) is 0 Å². The van der Waals surface area contributed by atoms with E-state index in [1.165, 1.54) is 16.8 Å². The lowest BCUT2D eigenvalue weighted by Crippen LogP contribution is -2.11. The minimum atomic E-state index is 0.918. The topological polar surface area (TPSA) is 28.2 Å². The van der Waals surface area contributed by atoms with Crippen LogP contribution in [0.1, 0.15) is 11.1 Å². The van der Waals surface area contributed by atoms with Crippen molar-refractivity contribution < 1.29 is 0 Å². The second-order valence-corrected chi connectivity index (χ2v) is 4.93. The number of benzene rings is 1. The fraction of sp³-hybridized carbons (Fsp3) is 0.312. The van der Waals surface area contributed by atoms with Crippen molar-refractivity contribution in [3.8, 4) is 0 Å². The Kier molecular flexibility index (Phi) is 4.39. The van der Waals surface area contributed by atoms with Crippen LogP contribution in [0.25, 0.3) is 0 Å². The summed E-state index contributed by atoms with van der Waals surface area (Å²) in [4.78, 5) is 6.27. The Labute approximate surface area is 115 Å². The highest BCUT2D eigenvalue weighted by Gasteiger charge is 2.02. The van der Waals surface area contributed by atoms with E-state index in [9.17, 15) is 0 Å². The molecule has 0 atom stereocenters. The molecule has 0 saturated heterocycles. The van der Waals surface area contributed by atoms with Gasteiger partial charge in [0.25, 0.3) is 0 Å². The minimum absolute atomic E-state index is 0.918. The van der Waals surface area contributed by atoms with Crippen LogP contribution < -0.4 is 10.2 Å². The number of hydrogen-bond acceptors (Lipinski definition) is 3. The van der Waals surface area contributed by atoms with Crippen molar-refractivity contribution in [3.05, 3.63) is 53.9 Å². The fourth-order valence-corrected chi connectivity index (χ4v) is 2.10. The zero-order valence-electron chi connectivity index (χ0n) is 11.9. The first kappa shape index (κ1) is 13.4. The van der Waals surface area contributed by atoms with E-state index < -0.39 is 0 Å². The first-order valence-electron chi connectivity index (χ1n) is 6.57. The van der Waals surface area contributed by atoms with Gasteiger partial charge in [0.15, 0.2) is 0 Å². The Morgan fingerprint density at radius 1 is 1.21 bits per heavy atom. The summed E-state index contributed by atoms with van der Waals surface area (Å²) in [6.45, 7) is 3.05. The highest BCUT2D eigenvalue weighted by molar-refractivity contribution is 5.61. The van der Waals surface area contributed by atoms with Gasteiger partial charge in [-0.2, -0.15) is 0 Å². The Bertz CT molecular complexity index is 521. The van der Waals surface area contributed by atoms with Gasteiger partial charge in [-0.15, -0.1) is 0 Å². The van der Waals surface area contributed by atoms with Crippen LogP contribution in [0.4, 0.5) is 11.4 Å². The van der Waals surface area contributed by atoms with Crippen LogP contribution in [0.3, 0.4) is 0 Å². The van der Waals surface area contributed by atoms with E-state index in [1.54, 1.807) is 6.20 Å². The molecule has 19 heavy (non-hydrogen) atoms. The van der Waals surface area contributed by atoms with Crippen molar-refractivity contribution in [2.75, 3.05) is 30.9 Å². The molecule has 0 aliphatic heterocycles. The van der Waals surface area contributed by atoms with E-state index in [1.807, 2.05) is 12.3 Å². The Balaban J connectivity index is 1.95. The lowest BCUT2D eigenvalue weighted by Gasteiger charge is -2.17. The summed E-state index contributed by atoms with van der Waals surface area (Å²) in [7, 11) is 4.14. The predicted octanol–water partition coefficient (Wildman–Crippen LogP) is 3.11. The molecule has 1 N–H and O–H groups in total. The van der Waals surface area contributed by atoms with Gasteiger partial charge in [0, 0.05) is 44.4 Å². The van der Waals surface area contributed by atoms with Gasteiger partial charge >= 0.3 is 0 Å². The number of pyridine rings is 1. The highest BCUT2D eigenvalue weighted by atomic mass is 15.1. The molecule has 0 amide bonds. The smallest absolute Gasteiger partial charge is 0.0411 e. The zero-order chi connectivity index (χ0) is 13.7. The molecular weight excluding hydrogens is 234 g/mol. The van der Waals surface area contributed by atoms with Gasteiger partial charge < -0.3 is 10.2 Å². The Hall–Kier alpha value is -2.03. The van der Waals surface area contributed by atoms with Gasteiger partial charge in [-0.05, 0) is 42.7 Å². The SMILES string of the molecule is Cc1ccc(NCCc2cccnc2)cc1N(C)C. The standard InChI is InChI=1S/C16H21N3/c1-13-6-7-15(11-16(13)19(2)3)18-10-8-14-5-4-9-17-12-14/h4-7,9,11-12,18H,8,10H2,1-3H3. The second kappa shape index (κ2) is 6.23. The Morgan fingerprint density at radius 2 is 2.05 bits per heavy atom. The average Bonchev–Trinajstić information content (AvgIpc) is 2.41. The maximum atomic E-state index is 4.12. The number of aromatic nitrogens is 1. The molecule has 2 rings (SSSR count). The lowest BCUT2D eigenvalue weighted by atomic mass is 10.1. The third kappa shape index (κ3) is 3.71. The number of hydrogen-bond donors (Lipinski definition) is 1. The summed E-state index contributed by atoms with van der Waals surface area (Å²) < 4.78 is 0. The first-order valence-corrected chi connectivity index (χ1v) is 6.57. The van der Waals surface area contributed by atoms with Gasteiger partial charge in [0.2, 0.25) is 0 Å². The van der Waals surface area contributed by atoms with Crippen molar-refractivity contribution in [2.24, 2.45) is 0 Å². The van der Waals surface area contributed by atoms with E-state index >= 15 is 0 Å². The van der Waals surface area contributed by atoms with Crippen molar-refractivity contribution >= 4 is 11.4 Å². The molecule has 0 aliphatic carbocycles. The van der Waals surface area contributed by atoms with E-state index in [0.29, 0.717) is 0 Å². The molecule has 0 spiro atoms. The van der Waals surface area contributed by atoms with E-state index in [-0.39, 0.29) is 0 Å². The van der Waals surface area contributed by atoms with Crippen molar-refractivity contribution in [1.82, 2.24) is 4.98 Å². The molecule has 0 fully saturated rings. The summed E-state index contributed by atoms with van der Waals surface area (Å²) in [6, 6.07) is 10.6. The summed E-state index contributed by atoms with van der Waals surface area (Å²) in [5.41, 5.74) is 4.97. The molecule has 0 saturated carbocycles. The maximum absolute atomic E-state index is 4.12. The molecule has 0 aliphatic rings. The molecule has 3 nitrogen and oxygen atoms in total. The quantitative estimate of drug-likeness (QED) is 0.889.